The molecule has 152 valence electrons. The minimum absolute atomic E-state index is 0.0883. The molecule has 1 aliphatic heterocycles. The van der Waals surface area contributed by atoms with E-state index in [1.165, 1.54) is 6.20 Å². The van der Waals surface area contributed by atoms with Gasteiger partial charge in [0.1, 0.15) is 5.69 Å². The molecule has 7 nitrogen and oxygen atoms in total. The quantitative estimate of drug-likeness (QED) is 0.809. The van der Waals surface area contributed by atoms with Crippen LogP contribution in [-0.2, 0) is 16.2 Å². The molecule has 28 heavy (non-hydrogen) atoms. The standard InChI is InChI=1S/C17H20F3N5O2S/c1-24(2)15-14(11-21-16(22-15)25-8-3-4-9-25)23-28(26,27)13-7-5-6-12(10-13)17(18,19)20/h5-7,10-11,23H,3-4,8-9H2,1-2H3. The Morgan fingerprint density at radius 1 is 1.18 bits per heavy atom. The topological polar surface area (TPSA) is 78.4 Å². The second kappa shape index (κ2) is 7.46. The fourth-order valence-electron chi connectivity index (χ4n) is 2.89. The van der Waals surface area contributed by atoms with Crippen molar-refractivity contribution in [3.05, 3.63) is 36.0 Å². The second-order valence-electron chi connectivity index (χ2n) is 6.63. The van der Waals surface area contributed by atoms with Gasteiger partial charge in [-0.15, -0.1) is 0 Å². The molecule has 2 aromatic rings. The molecule has 0 bridgehead atoms. The van der Waals surface area contributed by atoms with Crippen LogP contribution in [-0.4, -0.2) is 45.6 Å². The van der Waals surface area contributed by atoms with Crippen LogP contribution in [0.1, 0.15) is 18.4 Å². The fourth-order valence-corrected chi connectivity index (χ4v) is 3.98. The molecule has 0 amide bonds. The first-order valence-electron chi connectivity index (χ1n) is 8.57. The molecule has 0 aliphatic carbocycles. The van der Waals surface area contributed by atoms with Gasteiger partial charge in [0.25, 0.3) is 10.0 Å². The van der Waals surface area contributed by atoms with E-state index in [0.29, 0.717) is 17.8 Å². The highest BCUT2D eigenvalue weighted by Gasteiger charge is 2.32. The van der Waals surface area contributed by atoms with Gasteiger partial charge in [-0.25, -0.2) is 13.4 Å². The summed E-state index contributed by atoms with van der Waals surface area (Å²) < 4.78 is 66.3. The average Bonchev–Trinajstić information content (AvgIpc) is 3.15. The largest absolute Gasteiger partial charge is 0.416 e. The zero-order valence-electron chi connectivity index (χ0n) is 15.4. The van der Waals surface area contributed by atoms with E-state index >= 15 is 0 Å². The predicted molar refractivity (Wildman–Crippen MR) is 100 cm³/mol. The van der Waals surface area contributed by atoms with E-state index in [1.807, 2.05) is 4.90 Å². The molecular formula is C17H20F3N5O2S. The van der Waals surface area contributed by atoms with E-state index in [-0.39, 0.29) is 5.69 Å². The summed E-state index contributed by atoms with van der Waals surface area (Å²) in [5, 5.41) is 0. The van der Waals surface area contributed by atoms with Crippen LogP contribution in [0.5, 0.6) is 0 Å². The zero-order chi connectivity index (χ0) is 20.5. The van der Waals surface area contributed by atoms with Crippen LogP contribution < -0.4 is 14.5 Å². The Morgan fingerprint density at radius 3 is 2.46 bits per heavy atom. The van der Waals surface area contributed by atoms with Crippen LogP contribution in [0.4, 0.5) is 30.6 Å². The minimum atomic E-state index is -4.64. The molecule has 0 radical (unpaired) electrons. The number of hydrogen-bond acceptors (Lipinski definition) is 6. The third kappa shape index (κ3) is 4.29. The van der Waals surface area contributed by atoms with Gasteiger partial charge in [-0.05, 0) is 31.0 Å². The SMILES string of the molecule is CN(C)c1nc(N2CCCC2)ncc1NS(=O)(=O)c1cccc(C(F)(F)F)c1. The third-order valence-corrected chi connectivity index (χ3v) is 5.65. The van der Waals surface area contributed by atoms with Crippen molar-refractivity contribution < 1.29 is 21.6 Å². The van der Waals surface area contributed by atoms with Crippen LogP contribution in [0.15, 0.2) is 35.4 Å². The smallest absolute Gasteiger partial charge is 0.361 e. The molecule has 1 aromatic carbocycles. The first-order valence-corrected chi connectivity index (χ1v) is 10.1. The van der Waals surface area contributed by atoms with Gasteiger partial charge in [0.2, 0.25) is 5.95 Å². The van der Waals surface area contributed by atoms with Crippen LogP contribution in [0, 0.1) is 0 Å². The highest BCUT2D eigenvalue weighted by atomic mass is 32.2. The average molecular weight is 415 g/mol. The van der Waals surface area contributed by atoms with Gasteiger partial charge in [-0.1, -0.05) is 6.07 Å². The van der Waals surface area contributed by atoms with E-state index in [4.69, 9.17) is 0 Å². The summed E-state index contributed by atoms with van der Waals surface area (Å²) in [7, 11) is -0.869. The Bertz CT molecular complexity index is 958. The monoisotopic (exact) mass is 415 g/mol. The van der Waals surface area contributed by atoms with Gasteiger partial charge in [0, 0.05) is 27.2 Å². The van der Waals surface area contributed by atoms with Crippen molar-refractivity contribution in [3.8, 4) is 0 Å². The summed E-state index contributed by atoms with van der Waals surface area (Å²) in [6.45, 7) is 1.64. The Kier molecular flexibility index (Phi) is 5.37. The number of benzene rings is 1. The van der Waals surface area contributed by atoms with Crippen molar-refractivity contribution in [3.63, 3.8) is 0 Å². The molecule has 11 heteroatoms. The van der Waals surface area contributed by atoms with Gasteiger partial charge in [-0.3, -0.25) is 4.72 Å². The van der Waals surface area contributed by atoms with Crippen molar-refractivity contribution in [2.24, 2.45) is 0 Å². The third-order valence-electron chi connectivity index (χ3n) is 4.28. The lowest BCUT2D eigenvalue weighted by molar-refractivity contribution is -0.137. The molecule has 3 rings (SSSR count). The molecule has 1 aliphatic rings. The van der Waals surface area contributed by atoms with E-state index in [9.17, 15) is 21.6 Å². The number of rotatable bonds is 5. The van der Waals surface area contributed by atoms with Gasteiger partial charge >= 0.3 is 6.18 Å². The summed E-state index contributed by atoms with van der Waals surface area (Å²) in [5.41, 5.74) is -0.950. The first kappa shape index (κ1) is 20.2. The molecule has 1 aromatic heterocycles. The van der Waals surface area contributed by atoms with Gasteiger partial charge in [0.15, 0.2) is 5.82 Å². The number of halogens is 3. The van der Waals surface area contributed by atoms with Crippen molar-refractivity contribution in [2.45, 2.75) is 23.9 Å². The molecule has 2 heterocycles. The van der Waals surface area contributed by atoms with Crippen LogP contribution in [0.2, 0.25) is 0 Å². The molecule has 1 saturated heterocycles. The number of anilines is 3. The van der Waals surface area contributed by atoms with Crippen molar-refractivity contribution in [1.29, 1.82) is 0 Å². The lowest BCUT2D eigenvalue weighted by Gasteiger charge is -2.21. The van der Waals surface area contributed by atoms with Crippen LogP contribution in [0.3, 0.4) is 0 Å². The summed E-state index contributed by atoms with van der Waals surface area (Å²) in [6, 6.07) is 3.57. The van der Waals surface area contributed by atoms with Gasteiger partial charge < -0.3 is 9.80 Å². The predicted octanol–water partition coefficient (Wildman–Crippen LogP) is 2.96. The molecule has 1 N–H and O–H groups in total. The maximum atomic E-state index is 12.9. The first-order chi connectivity index (χ1) is 13.1. The maximum absolute atomic E-state index is 12.9. The number of hydrogen-bond donors (Lipinski definition) is 1. The van der Waals surface area contributed by atoms with Crippen molar-refractivity contribution >= 4 is 27.5 Å². The lowest BCUT2D eigenvalue weighted by atomic mass is 10.2. The number of nitrogens with one attached hydrogen (secondary N) is 1. The Labute approximate surface area is 161 Å². The van der Waals surface area contributed by atoms with E-state index in [1.54, 1.807) is 19.0 Å². The Morgan fingerprint density at radius 2 is 1.86 bits per heavy atom. The summed E-state index contributed by atoms with van der Waals surface area (Å²) in [5.74, 6) is 0.815. The summed E-state index contributed by atoms with van der Waals surface area (Å²) in [6.07, 6.45) is -1.24. The Hall–Kier alpha value is -2.56. The zero-order valence-corrected chi connectivity index (χ0v) is 16.2. The van der Waals surface area contributed by atoms with Crippen molar-refractivity contribution in [1.82, 2.24) is 9.97 Å². The van der Waals surface area contributed by atoms with E-state index in [0.717, 1.165) is 44.1 Å². The van der Waals surface area contributed by atoms with Gasteiger partial charge in [-0.2, -0.15) is 18.2 Å². The molecule has 1 fully saturated rings. The van der Waals surface area contributed by atoms with Crippen molar-refractivity contribution in [2.75, 3.05) is 41.7 Å². The van der Waals surface area contributed by atoms with E-state index in [2.05, 4.69) is 14.7 Å². The van der Waals surface area contributed by atoms with Crippen LogP contribution in [0.25, 0.3) is 0 Å². The number of aromatic nitrogens is 2. The number of sulfonamides is 1. The normalized spacial score (nSPS) is 15.0. The second-order valence-corrected chi connectivity index (χ2v) is 8.31. The molecule has 0 atom stereocenters. The lowest BCUT2D eigenvalue weighted by Crippen LogP contribution is -2.24. The maximum Gasteiger partial charge on any atom is 0.416 e. The van der Waals surface area contributed by atoms with Gasteiger partial charge in [0.05, 0.1) is 16.7 Å². The minimum Gasteiger partial charge on any atom is -0.361 e. The molecule has 0 unspecified atom stereocenters. The molecule has 0 spiro atoms. The number of nitrogens with zero attached hydrogens (tertiary/aromatic N) is 4. The van der Waals surface area contributed by atoms with Crippen LogP contribution >= 0.6 is 0 Å². The molecular weight excluding hydrogens is 395 g/mol. The number of alkyl halides is 3. The molecule has 0 saturated carbocycles. The fraction of sp³-hybridized carbons (Fsp3) is 0.412. The highest BCUT2D eigenvalue weighted by Crippen LogP contribution is 2.32. The highest BCUT2D eigenvalue weighted by molar-refractivity contribution is 7.92. The van der Waals surface area contributed by atoms with E-state index < -0.39 is 26.7 Å². The summed E-state index contributed by atoms with van der Waals surface area (Å²) >= 11 is 0. The summed E-state index contributed by atoms with van der Waals surface area (Å²) in [4.78, 5) is 11.8. The Balaban J connectivity index is 1.93.